The van der Waals surface area contributed by atoms with Gasteiger partial charge in [0.2, 0.25) is 5.69 Å². The molecular formula is C5H11O2PS2. The van der Waals surface area contributed by atoms with Crippen molar-refractivity contribution in [3.63, 3.8) is 0 Å². The lowest BCUT2D eigenvalue weighted by Gasteiger charge is -2.33. The lowest BCUT2D eigenvalue weighted by molar-refractivity contribution is 0.0674. The summed E-state index contributed by atoms with van der Waals surface area (Å²) in [7, 11) is 0. The van der Waals surface area contributed by atoms with Crippen LogP contribution in [-0.2, 0) is 20.9 Å². The van der Waals surface area contributed by atoms with Crippen molar-refractivity contribution in [2.24, 2.45) is 5.41 Å². The van der Waals surface area contributed by atoms with Crippen molar-refractivity contribution in [3.8, 4) is 0 Å². The van der Waals surface area contributed by atoms with E-state index in [0.717, 1.165) is 0 Å². The molecule has 60 valence electrons. The molecule has 1 aliphatic heterocycles. The Labute approximate surface area is 71.6 Å². The standard InChI is InChI=1S/C5H11O2PS2/c1-5(2)3-6-8(9,10)7-4-5/h3-4H2,1-2H3,(H,9,10). The highest BCUT2D eigenvalue weighted by Crippen LogP contribution is 2.57. The average Bonchev–Trinajstić information content (AvgIpc) is 1.79. The van der Waals surface area contributed by atoms with E-state index in [0.29, 0.717) is 13.2 Å². The fraction of sp³-hybridized carbons (Fsp3) is 1.00. The van der Waals surface area contributed by atoms with Crippen molar-refractivity contribution >= 4 is 29.7 Å². The zero-order chi connectivity index (χ0) is 7.83. The number of hydrogen-bond acceptors (Lipinski definition) is 3. The summed E-state index contributed by atoms with van der Waals surface area (Å²) >= 11 is 9.01. The van der Waals surface area contributed by atoms with Crippen LogP contribution >= 0.6 is 17.9 Å². The van der Waals surface area contributed by atoms with Crippen LogP contribution in [0.5, 0.6) is 0 Å². The molecule has 0 unspecified atom stereocenters. The van der Waals surface area contributed by atoms with Gasteiger partial charge in [0, 0.05) is 5.41 Å². The molecule has 1 heterocycles. The van der Waals surface area contributed by atoms with E-state index in [2.05, 4.69) is 26.1 Å². The zero-order valence-corrected chi connectivity index (χ0v) is 8.64. The van der Waals surface area contributed by atoms with Crippen molar-refractivity contribution < 1.29 is 9.05 Å². The molecule has 0 aromatic carbocycles. The van der Waals surface area contributed by atoms with Crippen LogP contribution in [0.1, 0.15) is 13.8 Å². The zero-order valence-electron chi connectivity index (χ0n) is 6.03. The van der Waals surface area contributed by atoms with Gasteiger partial charge in [0.15, 0.2) is 0 Å². The molecule has 0 radical (unpaired) electrons. The molecule has 1 saturated heterocycles. The second-order valence-electron chi connectivity index (χ2n) is 3.18. The van der Waals surface area contributed by atoms with Gasteiger partial charge in [-0.3, -0.25) is 0 Å². The molecule has 0 aliphatic carbocycles. The van der Waals surface area contributed by atoms with Gasteiger partial charge < -0.3 is 9.05 Å². The first kappa shape index (κ1) is 9.01. The Balaban J connectivity index is 2.54. The van der Waals surface area contributed by atoms with Gasteiger partial charge in [-0.25, -0.2) is 0 Å². The summed E-state index contributed by atoms with van der Waals surface area (Å²) in [6.07, 6.45) is 0. The fourth-order valence-corrected chi connectivity index (χ4v) is 2.35. The SMILES string of the molecule is CC1(C)COP(=S)(S)OC1. The van der Waals surface area contributed by atoms with E-state index in [4.69, 9.17) is 20.9 Å². The molecule has 0 amide bonds. The second-order valence-corrected chi connectivity index (χ2v) is 8.47. The van der Waals surface area contributed by atoms with Gasteiger partial charge in [0.1, 0.15) is 0 Å². The maximum absolute atomic E-state index is 5.25. The Morgan fingerprint density at radius 2 is 1.80 bits per heavy atom. The van der Waals surface area contributed by atoms with Crippen LogP contribution in [0.3, 0.4) is 0 Å². The first-order chi connectivity index (χ1) is 4.41. The molecule has 10 heavy (non-hydrogen) atoms. The van der Waals surface area contributed by atoms with Gasteiger partial charge in [-0.15, -0.1) is 0 Å². The van der Waals surface area contributed by atoms with E-state index in [-0.39, 0.29) is 5.41 Å². The predicted molar refractivity (Wildman–Crippen MR) is 49.0 cm³/mol. The molecular weight excluding hydrogens is 187 g/mol. The topological polar surface area (TPSA) is 18.5 Å². The van der Waals surface area contributed by atoms with Gasteiger partial charge in [-0.2, -0.15) is 0 Å². The Bertz CT molecular complexity index is 166. The number of rotatable bonds is 0. The Morgan fingerprint density at radius 3 is 2.10 bits per heavy atom. The molecule has 1 rings (SSSR count). The van der Waals surface area contributed by atoms with Gasteiger partial charge in [0.25, 0.3) is 0 Å². The summed E-state index contributed by atoms with van der Waals surface area (Å²) in [5, 5.41) is 0. The van der Waals surface area contributed by atoms with Crippen molar-refractivity contribution in [3.05, 3.63) is 0 Å². The van der Waals surface area contributed by atoms with E-state index >= 15 is 0 Å². The summed E-state index contributed by atoms with van der Waals surface area (Å²) in [4.78, 5) is 0. The van der Waals surface area contributed by atoms with Gasteiger partial charge in [0.05, 0.1) is 13.2 Å². The van der Waals surface area contributed by atoms with Crippen molar-refractivity contribution in [1.82, 2.24) is 0 Å². The minimum Gasteiger partial charge on any atom is -0.321 e. The summed E-state index contributed by atoms with van der Waals surface area (Å²) in [6.45, 7) is 5.48. The van der Waals surface area contributed by atoms with Crippen LogP contribution in [0.2, 0.25) is 0 Å². The molecule has 0 atom stereocenters. The molecule has 5 heteroatoms. The molecule has 0 saturated carbocycles. The average molecular weight is 198 g/mol. The highest BCUT2D eigenvalue weighted by molar-refractivity contribution is 8.60. The van der Waals surface area contributed by atoms with Crippen LogP contribution < -0.4 is 0 Å². The third-order valence-corrected chi connectivity index (χ3v) is 3.47. The van der Waals surface area contributed by atoms with Gasteiger partial charge in [-0.1, -0.05) is 26.1 Å². The molecule has 0 bridgehead atoms. The Kier molecular flexibility index (Phi) is 2.48. The maximum atomic E-state index is 5.25. The molecule has 0 aromatic rings. The highest BCUT2D eigenvalue weighted by atomic mass is 32.9. The summed E-state index contributed by atoms with van der Waals surface area (Å²) in [6, 6.07) is 0. The Morgan fingerprint density at radius 1 is 1.40 bits per heavy atom. The first-order valence-electron chi connectivity index (χ1n) is 3.03. The van der Waals surface area contributed by atoms with Gasteiger partial charge >= 0.3 is 0 Å². The molecule has 0 aromatic heterocycles. The van der Waals surface area contributed by atoms with Crippen LogP contribution in [0, 0.1) is 5.41 Å². The predicted octanol–water partition coefficient (Wildman–Crippen LogP) is 2.21. The van der Waals surface area contributed by atoms with Crippen molar-refractivity contribution in [2.45, 2.75) is 13.8 Å². The van der Waals surface area contributed by atoms with Crippen LogP contribution in [0.15, 0.2) is 0 Å². The Hall–Kier alpha value is 0.920. The second kappa shape index (κ2) is 2.76. The van der Waals surface area contributed by atoms with E-state index in [1.54, 1.807) is 0 Å². The summed E-state index contributed by atoms with van der Waals surface area (Å²) in [5.41, 5.74) is -2.04. The van der Waals surface area contributed by atoms with Crippen molar-refractivity contribution in [2.75, 3.05) is 13.2 Å². The molecule has 0 spiro atoms. The smallest absolute Gasteiger partial charge is 0.244 e. The quantitative estimate of drug-likeness (QED) is 0.475. The number of hydrogen-bond donors (Lipinski definition) is 1. The van der Waals surface area contributed by atoms with Gasteiger partial charge in [-0.05, 0) is 11.8 Å². The molecule has 1 fully saturated rings. The van der Waals surface area contributed by atoms with Crippen molar-refractivity contribution in [1.29, 1.82) is 0 Å². The van der Waals surface area contributed by atoms with E-state index in [1.165, 1.54) is 0 Å². The van der Waals surface area contributed by atoms with Crippen LogP contribution in [0.25, 0.3) is 0 Å². The highest BCUT2D eigenvalue weighted by Gasteiger charge is 2.30. The van der Waals surface area contributed by atoms with E-state index in [1.807, 2.05) is 0 Å². The molecule has 2 nitrogen and oxygen atoms in total. The lowest BCUT2D eigenvalue weighted by Crippen LogP contribution is -2.28. The minimum atomic E-state index is -2.14. The summed E-state index contributed by atoms with van der Waals surface area (Å²) in [5.74, 6) is 0. The normalized spacial score (nSPS) is 29.9. The molecule has 1 aliphatic rings. The van der Waals surface area contributed by atoms with E-state index < -0.39 is 5.69 Å². The summed E-state index contributed by atoms with van der Waals surface area (Å²) < 4.78 is 10.5. The van der Waals surface area contributed by atoms with Crippen LogP contribution in [0.4, 0.5) is 0 Å². The third kappa shape index (κ3) is 2.51. The van der Waals surface area contributed by atoms with Crippen LogP contribution in [-0.4, -0.2) is 13.2 Å². The maximum Gasteiger partial charge on any atom is 0.244 e. The van der Waals surface area contributed by atoms with E-state index in [9.17, 15) is 0 Å². The largest absolute Gasteiger partial charge is 0.321 e. The molecule has 0 N–H and O–H groups in total. The monoisotopic (exact) mass is 198 g/mol. The third-order valence-electron chi connectivity index (χ3n) is 1.24. The lowest BCUT2D eigenvalue weighted by atomic mass is 9.97. The first-order valence-corrected chi connectivity index (χ1v) is 6.82. The fourth-order valence-electron chi connectivity index (χ4n) is 0.592. The number of thiol groups is 1. The minimum absolute atomic E-state index is 0.102.